The number of ether oxygens (including phenoxy) is 1. The van der Waals surface area contributed by atoms with Gasteiger partial charge in [0.1, 0.15) is 10.4 Å². The van der Waals surface area contributed by atoms with Crippen LogP contribution in [-0.4, -0.2) is 10.9 Å². The van der Waals surface area contributed by atoms with Crippen molar-refractivity contribution in [1.29, 1.82) is 0 Å². The lowest BCUT2D eigenvalue weighted by Crippen LogP contribution is -2.13. The van der Waals surface area contributed by atoms with E-state index in [-0.39, 0.29) is 5.91 Å². The van der Waals surface area contributed by atoms with Crippen LogP contribution in [0.25, 0.3) is 0 Å². The number of nitrogens with zero attached hydrogens (tertiary/aromatic N) is 1. The van der Waals surface area contributed by atoms with Crippen LogP contribution in [0.15, 0.2) is 41.0 Å². The lowest BCUT2D eigenvalue weighted by atomic mass is 10.1. The molecule has 0 fully saturated rings. The first-order chi connectivity index (χ1) is 9.22. The summed E-state index contributed by atoms with van der Waals surface area (Å²) < 4.78 is 6.02. The van der Waals surface area contributed by atoms with Crippen molar-refractivity contribution < 1.29 is 9.53 Å². The fourth-order valence-corrected chi connectivity index (χ4v) is 2.32. The summed E-state index contributed by atoms with van der Waals surface area (Å²) in [4.78, 5) is 16.3. The lowest BCUT2D eigenvalue weighted by Gasteiger charge is -2.06. The number of hydrogen-bond acceptors (Lipinski definition) is 3. The van der Waals surface area contributed by atoms with Crippen molar-refractivity contribution in [2.24, 2.45) is 0 Å². The maximum absolute atomic E-state index is 12.1. The summed E-state index contributed by atoms with van der Waals surface area (Å²) in [6, 6.07) is 11.0. The minimum Gasteiger partial charge on any atom is -0.372 e. The minimum atomic E-state index is -0.166. The molecule has 1 aliphatic heterocycles. The van der Waals surface area contributed by atoms with Crippen molar-refractivity contribution in [3.05, 3.63) is 57.7 Å². The summed E-state index contributed by atoms with van der Waals surface area (Å²) in [6.07, 6.45) is 0. The van der Waals surface area contributed by atoms with Gasteiger partial charge >= 0.3 is 0 Å². The summed E-state index contributed by atoms with van der Waals surface area (Å²) in [5.74, 6) is 0.358. The lowest BCUT2D eigenvalue weighted by molar-refractivity contribution is 0.102. The maximum Gasteiger partial charge on any atom is 0.256 e. The first-order valence-electron chi connectivity index (χ1n) is 5.86. The number of rotatable bonds is 2. The molecule has 0 atom stereocenters. The molecule has 2 aromatic rings. The Kier molecular flexibility index (Phi) is 3.31. The zero-order valence-corrected chi connectivity index (χ0v) is 11.6. The molecule has 0 unspecified atom stereocenters. The second-order valence-electron chi connectivity index (χ2n) is 4.28. The van der Waals surface area contributed by atoms with Crippen molar-refractivity contribution in [2.75, 3.05) is 5.32 Å². The average molecular weight is 319 g/mol. The normalized spacial score (nSPS) is 13.1. The Morgan fingerprint density at radius 3 is 2.89 bits per heavy atom. The van der Waals surface area contributed by atoms with Crippen molar-refractivity contribution >= 4 is 27.7 Å². The standard InChI is InChI=1S/C14H11BrN2O2/c15-12-2-1-3-13(16-12)17-14(18)9-4-5-10-7-19-8-11(10)6-9/h1-6H,7-8H2,(H,16,17,18). The molecule has 0 saturated heterocycles. The molecule has 4 nitrogen and oxygen atoms in total. The zero-order chi connectivity index (χ0) is 13.2. The Bertz CT molecular complexity index is 643. The number of benzene rings is 1. The third-order valence-electron chi connectivity index (χ3n) is 2.94. The minimum absolute atomic E-state index is 0.166. The van der Waals surface area contributed by atoms with Crippen LogP contribution in [0, 0.1) is 0 Å². The van der Waals surface area contributed by atoms with Crippen molar-refractivity contribution in [3.63, 3.8) is 0 Å². The molecule has 1 aromatic carbocycles. The molecule has 0 spiro atoms. The Balaban J connectivity index is 1.81. The highest BCUT2D eigenvalue weighted by molar-refractivity contribution is 9.10. The van der Waals surface area contributed by atoms with Crippen LogP contribution < -0.4 is 5.32 Å². The topological polar surface area (TPSA) is 51.2 Å². The quantitative estimate of drug-likeness (QED) is 0.865. The van der Waals surface area contributed by atoms with Gasteiger partial charge in [-0.15, -0.1) is 0 Å². The number of carbonyl (C=O) groups is 1. The Morgan fingerprint density at radius 1 is 1.21 bits per heavy atom. The van der Waals surface area contributed by atoms with Gasteiger partial charge in [0, 0.05) is 5.56 Å². The zero-order valence-electron chi connectivity index (χ0n) is 10.0. The predicted molar refractivity (Wildman–Crippen MR) is 74.8 cm³/mol. The summed E-state index contributed by atoms with van der Waals surface area (Å²) in [6.45, 7) is 1.20. The SMILES string of the molecule is O=C(Nc1cccc(Br)n1)c1ccc2c(c1)COC2. The van der Waals surface area contributed by atoms with E-state index in [1.54, 1.807) is 12.1 Å². The van der Waals surface area contributed by atoms with Crippen molar-refractivity contribution in [3.8, 4) is 0 Å². The molecule has 96 valence electrons. The molecule has 19 heavy (non-hydrogen) atoms. The van der Waals surface area contributed by atoms with Gasteiger partial charge in [-0.3, -0.25) is 4.79 Å². The number of anilines is 1. The maximum atomic E-state index is 12.1. The Morgan fingerprint density at radius 2 is 2.05 bits per heavy atom. The number of hydrogen-bond donors (Lipinski definition) is 1. The highest BCUT2D eigenvalue weighted by Crippen LogP contribution is 2.21. The van der Waals surface area contributed by atoms with Crippen LogP contribution >= 0.6 is 15.9 Å². The number of pyridine rings is 1. The second kappa shape index (κ2) is 5.11. The van der Waals surface area contributed by atoms with Crippen LogP contribution in [0.4, 0.5) is 5.82 Å². The van der Waals surface area contributed by atoms with E-state index in [0.29, 0.717) is 29.2 Å². The van der Waals surface area contributed by atoms with E-state index in [9.17, 15) is 4.79 Å². The Hall–Kier alpha value is -1.72. The molecule has 1 aromatic heterocycles. The highest BCUT2D eigenvalue weighted by atomic mass is 79.9. The number of amides is 1. The smallest absolute Gasteiger partial charge is 0.256 e. The van der Waals surface area contributed by atoms with Crippen molar-refractivity contribution in [2.45, 2.75) is 13.2 Å². The van der Waals surface area contributed by atoms with E-state index in [4.69, 9.17) is 4.74 Å². The van der Waals surface area contributed by atoms with Gasteiger partial charge in [0.05, 0.1) is 13.2 Å². The number of carbonyl (C=O) groups excluding carboxylic acids is 1. The van der Waals surface area contributed by atoms with Gasteiger partial charge in [-0.1, -0.05) is 12.1 Å². The van der Waals surface area contributed by atoms with E-state index in [2.05, 4.69) is 26.2 Å². The van der Waals surface area contributed by atoms with Gasteiger partial charge in [-0.05, 0) is 51.3 Å². The summed E-state index contributed by atoms with van der Waals surface area (Å²) in [5.41, 5.74) is 2.85. The van der Waals surface area contributed by atoms with Crippen LogP contribution in [-0.2, 0) is 18.0 Å². The second-order valence-corrected chi connectivity index (χ2v) is 5.09. The number of fused-ring (bicyclic) bond motifs is 1. The highest BCUT2D eigenvalue weighted by Gasteiger charge is 2.14. The number of aromatic nitrogens is 1. The average Bonchev–Trinajstić information content (AvgIpc) is 2.85. The summed E-state index contributed by atoms with van der Waals surface area (Å²) in [5, 5.41) is 2.77. The van der Waals surface area contributed by atoms with E-state index < -0.39 is 0 Å². The summed E-state index contributed by atoms with van der Waals surface area (Å²) in [7, 11) is 0. The molecule has 2 heterocycles. The van der Waals surface area contributed by atoms with E-state index in [1.807, 2.05) is 24.3 Å². The van der Waals surface area contributed by atoms with Gasteiger partial charge in [0.25, 0.3) is 5.91 Å². The van der Waals surface area contributed by atoms with Crippen LogP contribution in [0.3, 0.4) is 0 Å². The molecule has 0 aliphatic carbocycles. The first-order valence-corrected chi connectivity index (χ1v) is 6.65. The number of halogens is 1. The van der Waals surface area contributed by atoms with Crippen molar-refractivity contribution in [1.82, 2.24) is 4.98 Å². The molecule has 5 heteroatoms. The van der Waals surface area contributed by atoms with E-state index >= 15 is 0 Å². The largest absolute Gasteiger partial charge is 0.372 e. The third-order valence-corrected chi connectivity index (χ3v) is 3.38. The first kappa shape index (κ1) is 12.3. The van der Waals surface area contributed by atoms with Gasteiger partial charge in [-0.25, -0.2) is 4.98 Å². The monoisotopic (exact) mass is 318 g/mol. The fourth-order valence-electron chi connectivity index (χ4n) is 1.98. The molecule has 1 N–H and O–H groups in total. The molecular weight excluding hydrogens is 308 g/mol. The van der Waals surface area contributed by atoms with E-state index in [0.717, 1.165) is 11.1 Å². The van der Waals surface area contributed by atoms with Gasteiger partial charge in [-0.2, -0.15) is 0 Å². The van der Waals surface area contributed by atoms with Crippen LogP contribution in [0.5, 0.6) is 0 Å². The number of nitrogens with one attached hydrogen (secondary N) is 1. The predicted octanol–water partition coefficient (Wildman–Crippen LogP) is 3.13. The molecule has 1 aliphatic rings. The fraction of sp³-hybridized carbons (Fsp3) is 0.143. The van der Waals surface area contributed by atoms with E-state index in [1.165, 1.54) is 0 Å². The molecule has 0 radical (unpaired) electrons. The van der Waals surface area contributed by atoms with Gasteiger partial charge in [0.15, 0.2) is 0 Å². The molecular formula is C14H11BrN2O2. The van der Waals surface area contributed by atoms with Gasteiger partial charge in [0.2, 0.25) is 0 Å². The Labute approximate surface area is 118 Å². The third kappa shape index (κ3) is 2.67. The molecule has 3 rings (SSSR count). The molecule has 1 amide bonds. The molecule has 0 bridgehead atoms. The summed E-state index contributed by atoms with van der Waals surface area (Å²) >= 11 is 3.27. The van der Waals surface area contributed by atoms with Crippen LogP contribution in [0.1, 0.15) is 21.5 Å². The van der Waals surface area contributed by atoms with Gasteiger partial charge < -0.3 is 10.1 Å². The molecule has 0 saturated carbocycles. The van der Waals surface area contributed by atoms with Crippen LogP contribution in [0.2, 0.25) is 0 Å².